The Morgan fingerprint density at radius 2 is 1.97 bits per heavy atom. The van der Waals surface area contributed by atoms with E-state index in [1.54, 1.807) is 24.4 Å². The first-order valence-electron chi connectivity index (χ1n) is 11.4. The fourth-order valence-electron chi connectivity index (χ4n) is 4.67. The number of amides is 1. The molecule has 0 atom stereocenters. The molecule has 174 valence electrons. The number of carbonyl (C=O) groups is 1. The van der Waals surface area contributed by atoms with Crippen molar-refractivity contribution in [3.05, 3.63) is 46.4 Å². The third-order valence-electron chi connectivity index (χ3n) is 6.64. The van der Waals surface area contributed by atoms with Crippen molar-refractivity contribution in [2.45, 2.75) is 50.5 Å². The van der Waals surface area contributed by atoms with Gasteiger partial charge >= 0.3 is 0 Å². The van der Waals surface area contributed by atoms with Crippen molar-refractivity contribution in [3.63, 3.8) is 0 Å². The van der Waals surface area contributed by atoms with Gasteiger partial charge in [0, 0.05) is 31.7 Å². The molecular weight excluding hydrogens is 442 g/mol. The maximum absolute atomic E-state index is 12.0. The molecule has 8 nitrogen and oxygen atoms in total. The number of ether oxygens (including phenoxy) is 1. The van der Waals surface area contributed by atoms with Crippen LogP contribution in [0.2, 0.25) is 5.02 Å². The van der Waals surface area contributed by atoms with Crippen LogP contribution in [0.4, 0.5) is 5.82 Å². The van der Waals surface area contributed by atoms with E-state index >= 15 is 0 Å². The minimum atomic E-state index is -0.561. The molecule has 1 amide bonds. The van der Waals surface area contributed by atoms with E-state index in [1.165, 1.54) is 0 Å². The Hall–Kier alpha value is -2.89. The van der Waals surface area contributed by atoms with Crippen LogP contribution < -0.4 is 15.4 Å². The van der Waals surface area contributed by atoms with Gasteiger partial charge in [0.05, 0.1) is 28.6 Å². The number of aliphatic hydroxyl groups is 1. The Bertz CT molecular complexity index is 1040. The number of hydrogen-bond acceptors (Lipinski definition) is 7. The van der Waals surface area contributed by atoms with Gasteiger partial charge in [0.2, 0.25) is 0 Å². The van der Waals surface area contributed by atoms with E-state index in [4.69, 9.17) is 32.3 Å². The van der Waals surface area contributed by atoms with Crippen LogP contribution in [0.15, 0.2) is 24.4 Å². The number of primary amides is 1. The molecule has 2 heterocycles. The second-order valence-corrected chi connectivity index (χ2v) is 9.19. The summed E-state index contributed by atoms with van der Waals surface area (Å²) in [6, 6.07) is 7.14. The van der Waals surface area contributed by atoms with Gasteiger partial charge in [0.25, 0.3) is 5.91 Å². The third kappa shape index (κ3) is 5.37. The number of piperidine rings is 1. The largest absolute Gasteiger partial charge is 0.490 e. The lowest BCUT2D eigenvalue weighted by Gasteiger charge is -2.33. The molecule has 0 radical (unpaired) electrons. The monoisotopic (exact) mass is 469 g/mol. The number of anilines is 1. The number of hydrogen-bond donors (Lipinski definition) is 2. The number of aliphatic hydroxyl groups excluding tert-OH is 1. The van der Waals surface area contributed by atoms with Crippen LogP contribution in [0.25, 0.3) is 0 Å². The number of carbonyl (C=O) groups excluding carboxylic acids is 1. The van der Waals surface area contributed by atoms with Crippen LogP contribution in [0.5, 0.6) is 5.75 Å². The van der Waals surface area contributed by atoms with Gasteiger partial charge < -0.3 is 20.5 Å². The van der Waals surface area contributed by atoms with Crippen LogP contribution in [-0.2, 0) is 0 Å². The van der Waals surface area contributed by atoms with Gasteiger partial charge in [-0.15, -0.1) is 0 Å². The van der Waals surface area contributed by atoms with Crippen LogP contribution in [0.1, 0.15) is 66.2 Å². The quantitative estimate of drug-likeness (QED) is 0.663. The van der Waals surface area contributed by atoms with Gasteiger partial charge in [-0.05, 0) is 56.6 Å². The van der Waals surface area contributed by atoms with Crippen molar-refractivity contribution in [1.29, 1.82) is 5.26 Å². The number of nitrogens with zero attached hydrogens (tertiary/aromatic N) is 4. The molecule has 2 aromatic rings. The minimum absolute atomic E-state index is 0.0240. The SMILES string of the molecule is N#Cc1ccc(OC2CCC(c3nc(N4CCC(CO)CC4)cnc3C(N)=O)CC2)cc1Cl. The zero-order valence-electron chi connectivity index (χ0n) is 18.4. The molecule has 9 heteroatoms. The summed E-state index contributed by atoms with van der Waals surface area (Å²) in [6.07, 6.45) is 6.68. The fourth-order valence-corrected chi connectivity index (χ4v) is 4.88. The molecule has 0 spiro atoms. The number of rotatable bonds is 6. The second kappa shape index (κ2) is 10.4. The summed E-state index contributed by atoms with van der Waals surface area (Å²) in [5.41, 5.74) is 6.95. The predicted octanol–water partition coefficient (Wildman–Crippen LogP) is 3.41. The van der Waals surface area contributed by atoms with Gasteiger partial charge in [0.1, 0.15) is 23.3 Å². The molecule has 1 aliphatic heterocycles. The maximum Gasteiger partial charge on any atom is 0.269 e. The van der Waals surface area contributed by atoms with Crippen LogP contribution in [-0.4, -0.2) is 46.8 Å². The summed E-state index contributed by atoms with van der Waals surface area (Å²) in [4.78, 5) is 23.4. The van der Waals surface area contributed by atoms with Crippen molar-refractivity contribution in [3.8, 4) is 11.8 Å². The number of nitriles is 1. The van der Waals surface area contributed by atoms with E-state index < -0.39 is 5.91 Å². The molecule has 0 bridgehead atoms. The molecule has 33 heavy (non-hydrogen) atoms. The Balaban J connectivity index is 1.44. The van der Waals surface area contributed by atoms with Gasteiger partial charge in [-0.1, -0.05) is 11.6 Å². The summed E-state index contributed by atoms with van der Waals surface area (Å²) in [5.74, 6) is 1.26. The summed E-state index contributed by atoms with van der Waals surface area (Å²) in [6.45, 7) is 1.83. The number of aromatic nitrogens is 2. The first kappa shape index (κ1) is 23.3. The zero-order chi connectivity index (χ0) is 23.4. The second-order valence-electron chi connectivity index (χ2n) is 8.78. The topological polar surface area (TPSA) is 125 Å². The molecule has 1 saturated heterocycles. The maximum atomic E-state index is 12.0. The number of benzene rings is 1. The Kier molecular flexibility index (Phi) is 7.31. The molecule has 1 aliphatic carbocycles. The first-order valence-corrected chi connectivity index (χ1v) is 11.7. The van der Waals surface area contributed by atoms with Gasteiger partial charge in [-0.3, -0.25) is 4.79 Å². The average Bonchev–Trinajstić information content (AvgIpc) is 2.84. The van der Waals surface area contributed by atoms with Crippen molar-refractivity contribution >= 4 is 23.3 Å². The molecule has 2 fully saturated rings. The molecule has 1 aromatic heterocycles. The molecule has 2 aliphatic rings. The molecule has 1 aromatic carbocycles. The van der Waals surface area contributed by atoms with E-state index in [1.807, 2.05) is 6.07 Å². The molecular formula is C24H28ClN5O3. The van der Waals surface area contributed by atoms with Gasteiger partial charge in [-0.2, -0.15) is 5.26 Å². The Morgan fingerprint density at radius 3 is 2.58 bits per heavy atom. The Labute approximate surface area is 198 Å². The Morgan fingerprint density at radius 1 is 1.24 bits per heavy atom. The van der Waals surface area contributed by atoms with Crippen LogP contribution in [0, 0.1) is 17.2 Å². The highest BCUT2D eigenvalue weighted by molar-refractivity contribution is 6.31. The van der Waals surface area contributed by atoms with Gasteiger partial charge in [-0.25, -0.2) is 9.97 Å². The lowest BCUT2D eigenvalue weighted by Crippen LogP contribution is -2.36. The minimum Gasteiger partial charge on any atom is -0.490 e. The van der Waals surface area contributed by atoms with Crippen molar-refractivity contribution < 1.29 is 14.6 Å². The van der Waals surface area contributed by atoms with Crippen molar-refractivity contribution in [2.24, 2.45) is 11.7 Å². The smallest absolute Gasteiger partial charge is 0.269 e. The highest BCUT2D eigenvalue weighted by Gasteiger charge is 2.29. The number of halogens is 1. The van der Waals surface area contributed by atoms with E-state index in [9.17, 15) is 9.90 Å². The van der Waals surface area contributed by atoms with Crippen molar-refractivity contribution in [1.82, 2.24) is 9.97 Å². The molecule has 4 rings (SSSR count). The lowest BCUT2D eigenvalue weighted by atomic mass is 9.84. The fraction of sp³-hybridized carbons (Fsp3) is 0.500. The molecule has 0 unspecified atom stereocenters. The average molecular weight is 470 g/mol. The van der Waals surface area contributed by atoms with E-state index in [0.29, 0.717) is 27.9 Å². The highest BCUT2D eigenvalue weighted by atomic mass is 35.5. The molecule has 1 saturated carbocycles. The number of nitrogens with two attached hydrogens (primary N) is 1. The normalized spacial score (nSPS) is 21.4. The summed E-state index contributed by atoms with van der Waals surface area (Å²) >= 11 is 6.11. The highest BCUT2D eigenvalue weighted by Crippen LogP contribution is 2.36. The van der Waals surface area contributed by atoms with E-state index in [0.717, 1.165) is 57.4 Å². The van der Waals surface area contributed by atoms with Crippen LogP contribution in [0.3, 0.4) is 0 Å². The molecule has 3 N–H and O–H groups in total. The predicted molar refractivity (Wildman–Crippen MR) is 124 cm³/mol. The van der Waals surface area contributed by atoms with E-state index in [2.05, 4.69) is 9.88 Å². The summed E-state index contributed by atoms with van der Waals surface area (Å²) in [7, 11) is 0. The standard InChI is InChI=1S/C24H28ClN5O3/c25-20-11-19(6-3-17(20)12-26)33-18-4-1-16(2-5-18)22-23(24(27)32)28-13-21(29-22)30-9-7-15(14-31)8-10-30/h3,6,11,13,15-16,18,31H,1-2,4-5,7-10,14H2,(H2,27,32). The first-order chi connectivity index (χ1) is 16.0. The third-order valence-corrected chi connectivity index (χ3v) is 6.95. The lowest BCUT2D eigenvalue weighted by molar-refractivity contribution is 0.0992. The zero-order valence-corrected chi connectivity index (χ0v) is 19.2. The summed E-state index contributed by atoms with van der Waals surface area (Å²) in [5, 5.41) is 18.8. The van der Waals surface area contributed by atoms with E-state index in [-0.39, 0.29) is 24.3 Å². The van der Waals surface area contributed by atoms with Crippen LogP contribution >= 0.6 is 11.6 Å². The van der Waals surface area contributed by atoms with Gasteiger partial charge in [0.15, 0.2) is 0 Å². The summed E-state index contributed by atoms with van der Waals surface area (Å²) < 4.78 is 6.09. The van der Waals surface area contributed by atoms with Crippen molar-refractivity contribution in [2.75, 3.05) is 24.6 Å².